The molecule has 122 valence electrons. The highest BCUT2D eigenvalue weighted by molar-refractivity contribution is 5.74. The Hall–Kier alpha value is -1.56. The lowest BCUT2D eigenvalue weighted by molar-refractivity contribution is 0.117. The van der Waals surface area contributed by atoms with Crippen LogP contribution in [0.25, 0.3) is 0 Å². The highest BCUT2D eigenvalue weighted by Gasteiger charge is 2.20. The van der Waals surface area contributed by atoms with E-state index in [1.807, 2.05) is 0 Å². The zero-order valence-corrected chi connectivity index (χ0v) is 13.1. The predicted octanol–water partition coefficient (Wildman–Crippen LogP) is 1.36. The quantitative estimate of drug-likeness (QED) is 0.786. The number of amides is 2. The smallest absolute Gasteiger partial charge is 0.315 e. The van der Waals surface area contributed by atoms with E-state index in [-0.39, 0.29) is 18.2 Å². The van der Waals surface area contributed by atoms with E-state index in [0.717, 1.165) is 50.8 Å². The second-order valence-electron chi connectivity index (χ2n) is 6.45. The lowest BCUT2D eigenvalue weighted by Crippen LogP contribution is -2.44. The van der Waals surface area contributed by atoms with Gasteiger partial charge in [0.1, 0.15) is 5.82 Å². The highest BCUT2D eigenvalue weighted by atomic mass is 16.3. The molecule has 0 spiro atoms. The second kappa shape index (κ2) is 7.13. The maximum absolute atomic E-state index is 11.9. The first-order valence-corrected chi connectivity index (χ1v) is 8.48. The first kappa shape index (κ1) is 15.3. The molecule has 3 N–H and O–H groups in total. The molecule has 2 amide bonds. The SMILES string of the molecule is O=C(NCCc1cn2c(n1)CCCC2)NC1CCC(O)CC1. The zero-order valence-electron chi connectivity index (χ0n) is 13.1. The summed E-state index contributed by atoms with van der Waals surface area (Å²) in [5.74, 6) is 1.19. The minimum absolute atomic E-state index is 0.106. The number of hydrogen-bond acceptors (Lipinski definition) is 3. The number of fused-ring (bicyclic) bond motifs is 1. The maximum atomic E-state index is 11.9. The number of urea groups is 1. The number of nitrogens with zero attached hydrogens (tertiary/aromatic N) is 2. The summed E-state index contributed by atoms with van der Waals surface area (Å²) in [7, 11) is 0. The summed E-state index contributed by atoms with van der Waals surface area (Å²) < 4.78 is 2.24. The van der Waals surface area contributed by atoms with Gasteiger partial charge in [0.15, 0.2) is 0 Å². The molecule has 1 aliphatic carbocycles. The van der Waals surface area contributed by atoms with Crippen LogP contribution in [0.1, 0.15) is 50.0 Å². The molecule has 1 fully saturated rings. The van der Waals surface area contributed by atoms with Crippen LogP contribution in [0.3, 0.4) is 0 Å². The number of aliphatic hydroxyl groups excluding tert-OH is 1. The average Bonchev–Trinajstić information content (AvgIpc) is 2.92. The van der Waals surface area contributed by atoms with Crippen molar-refractivity contribution in [3.63, 3.8) is 0 Å². The van der Waals surface area contributed by atoms with Crippen LogP contribution in [-0.2, 0) is 19.4 Å². The van der Waals surface area contributed by atoms with Gasteiger partial charge in [0.2, 0.25) is 0 Å². The fourth-order valence-electron chi connectivity index (χ4n) is 3.35. The van der Waals surface area contributed by atoms with E-state index in [0.29, 0.717) is 6.54 Å². The molecule has 0 radical (unpaired) electrons. The second-order valence-corrected chi connectivity index (χ2v) is 6.45. The van der Waals surface area contributed by atoms with Crippen molar-refractivity contribution in [2.45, 2.75) is 70.1 Å². The molecule has 1 aliphatic heterocycles. The molecule has 0 aromatic carbocycles. The number of rotatable bonds is 4. The molecule has 0 atom stereocenters. The van der Waals surface area contributed by atoms with Crippen molar-refractivity contribution in [1.82, 2.24) is 20.2 Å². The molecular weight excluding hydrogens is 280 g/mol. The number of imidazole rings is 1. The van der Waals surface area contributed by atoms with Crippen LogP contribution in [0.2, 0.25) is 0 Å². The van der Waals surface area contributed by atoms with Crippen molar-refractivity contribution < 1.29 is 9.90 Å². The minimum Gasteiger partial charge on any atom is -0.393 e. The van der Waals surface area contributed by atoms with Crippen molar-refractivity contribution >= 4 is 6.03 Å². The van der Waals surface area contributed by atoms with Crippen molar-refractivity contribution in [2.75, 3.05) is 6.54 Å². The van der Waals surface area contributed by atoms with Crippen LogP contribution in [0.4, 0.5) is 4.79 Å². The largest absolute Gasteiger partial charge is 0.393 e. The van der Waals surface area contributed by atoms with Gasteiger partial charge in [-0.05, 0) is 38.5 Å². The number of aryl methyl sites for hydroxylation is 2. The van der Waals surface area contributed by atoms with E-state index in [4.69, 9.17) is 0 Å². The molecule has 6 nitrogen and oxygen atoms in total. The summed E-state index contributed by atoms with van der Waals surface area (Å²) >= 11 is 0. The van der Waals surface area contributed by atoms with Crippen molar-refractivity contribution in [1.29, 1.82) is 0 Å². The number of nitrogens with one attached hydrogen (secondary N) is 2. The van der Waals surface area contributed by atoms with Gasteiger partial charge in [0.25, 0.3) is 0 Å². The van der Waals surface area contributed by atoms with Crippen molar-refractivity contribution in [3.05, 3.63) is 17.7 Å². The number of carbonyl (C=O) groups excluding carboxylic acids is 1. The number of aromatic nitrogens is 2. The fourth-order valence-corrected chi connectivity index (χ4v) is 3.35. The third-order valence-corrected chi connectivity index (χ3v) is 4.66. The van der Waals surface area contributed by atoms with Gasteiger partial charge in [-0.2, -0.15) is 0 Å². The topological polar surface area (TPSA) is 79.2 Å². The van der Waals surface area contributed by atoms with E-state index < -0.39 is 0 Å². The monoisotopic (exact) mass is 306 g/mol. The Morgan fingerprint density at radius 1 is 1.32 bits per heavy atom. The zero-order chi connectivity index (χ0) is 15.4. The molecular formula is C16H26N4O2. The van der Waals surface area contributed by atoms with E-state index >= 15 is 0 Å². The Balaban J connectivity index is 1.37. The maximum Gasteiger partial charge on any atom is 0.315 e. The first-order chi connectivity index (χ1) is 10.7. The Bertz CT molecular complexity index is 483. The molecule has 0 bridgehead atoms. The molecule has 1 saturated carbocycles. The van der Waals surface area contributed by atoms with Gasteiger partial charge < -0.3 is 20.3 Å². The fraction of sp³-hybridized carbons (Fsp3) is 0.750. The molecule has 22 heavy (non-hydrogen) atoms. The summed E-state index contributed by atoms with van der Waals surface area (Å²) in [6.45, 7) is 1.68. The third kappa shape index (κ3) is 4.00. The van der Waals surface area contributed by atoms with Gasteiger partial charge in [-0.25, -0.2) is 9.78 Å². The first-order valence-electron chi connectivity index (χ1n) is 8.48. The standard InChI is InChI=1S/C16H26N4O2/c21-14-6-4-12(5-7-14)19-16(22)17-9-8-13-11-20-10-2-1-3-15(20)18-13/h11-12,14,21H,1-10H2,(H2,17,19,22). The predicted molar refractivity (Wildman–Crippen MR) is 83.7 cm³/mol. The highest BCUT2D eigenvalue weighted by Crippen LogP contribution is 2.18. The van der Waals surface area contributed by atoms with Gasteiger partial charge in [-0.3, -0.25) is 0 Å². The number of carbonyl (C=O) groups is 1. The Labute approximate surface area is 131 Å². The van der Waals surface area contributed by atoms with Crippen LogP contribution in [0.15, 0.2) is 6.20 Å². The Morgan fingerprint density at radius 3 is 2.91 bits per heavy atom. The molecule has 1 aromatic heterocycles. The van der Waals surface area contributed by atoms with E-state index in [1.54, 1.807) is 0 Å². The summed E-state index contributed by atoms with van der Waals surface area (Å²) in [6, 6.07) is 0.0914. The number of aliphatic hydroxyl groups is 1. The van der Waals surface area contributed by atoms with E-state index in [9.17, 15) is 9.90 Å². The molecule has 1 aromatic rings. The Morgan fingerprint density at radius 2 is 2.14 bits per heavy atom. The molecule has 0 unspecified atom stereocenters. The third-order valence-electron chi connectivity index (χ3n) is 4.66. The van der Waals surface area contributed by atoms with Crippen molar-refractivity contribution in [3.8, 4) is 0 Å². The summed E-state index contributed by atoms with van der Waals surface area (Å²) in [4.78, 5) is 16.5. The molecule has 2 heterocycles. The lowest BCUT2D eigenvalue weighted by Gasteiger charge is -2.26. The van der Waals surface area contributed by atoms with Crippen molar-refractivity contribution in [2.24, 2.45) is 0 Å². The van der Waals surface area contributed by atoms with E-state index in [2.05, 4.69) is 26.4 Å². The Kier molecular flexibility index (Phi) is 4.97. The lowest BCUT2D eigenvalue weighted by atomic mass is 9.93. The van der Waals surface area contributed by atoms with Crippen LogP contribution in [-0.4, -0.2) is 39.4 Å². The van der Waals surface area contributed by atoms with Crippen LogP contribution in [0, 0.1) is 0 Å². The van der Waals surface area contributed by atoms with Crippen LogP contribution < -0.4 is 10.6 Å². The number of hydrogen-bond donors (Lipinski definition) is 3. The van der Waals surface area contributed by atoms with E-state index in [1.165, 1.54) is 18.7 Å². The van der Waals surface area contributed by atoms with Gasteiger partial charge in [-0.15, -0.1) is 0 Å². The molecule has 2 aliphatic rings. The summed E-state index contributed by atoms with van der Waals surface area (Å²) in [6.07, 6.45) is 9.54. The summed E-state index contributed by atoms with van der Waals surface area (Å²) in [5, 5.41) is 15.4. The normalized spacial score (nSPS) is 24.6. The van der Waals surface area contributed by atoms with Crippen LogP contribution in [0.5, 0.6) is 0 Å². The minimum atomic E-state index is -0.187. The van der Waals surface area contributed by atoms with Gasteiger partial charge in [0.05, 0.1) is 11.8 Å². The van der Waals surface area contributed by atoms with Crippen LogP contribution >= 0.6 is 0 Å². The van der Waals surface area contributed by atoms with Gasteiger partial charge in [0, 0.05) is 38.2 Å². The molecule has 6 heteroatoms. The van der Waals surface area contributed by atoms with Gasteiger partial charge in [-0.1, -0.05) is 0 Å². The average molecular weight is 306 g/mol. The molecule has 0 saturated heterocycles. The van der Waals surface area contributed by atoms with Gasteiger partial charge >= 0.3 is 6.03 Å². The molecule has 3 rings (SSSR count). The summed E-state index contributed by atoms with van der Waals surface area (Å²) in [5.41, 5.74) is 1.07.